The second-order valence-electron chi connectivity index (χ2n) is 7.18. The Morgan fingerprint density at radius 1 is 1.20 bits per heavy atom. The zero-order chi connectivity index (χ0) is 15.3. The minimum absolute atomic E-state index is 0.293. The summed E-state index contributed by atoms with van der Waals surface area (Å²) in [5.74, 6) is 1.68. The fraction of sp³-hybridized carbons (Fsp3) is 0.812. The van der Waals surface area contributed by atoms with Crippen LogP contribution in [-0.2, 0) is 13.6 Å². The highest BCUT2D eigenvalue weighted by molar-refractivity contribution is 4.91. The van der Waals surface area contributed by atoms with Crippen LogP contribution in [0.1, 0.15) is 47.4 Å². The predicted molar refractivity (Wildman–Crippen MR) is 85.6 cm³/mol. The Bertz CT molecular complexity index is 389. The van der Waals surface area contributed by atoms with Gasteiger partial charge >= 0.3 is 0 Å². The summed E-state index contributed by atoms with van der Waals surface area (Å²) in [6.07, 6.45) is 3.84. The molecule has 0 spiro atoms. The van der Waals surface area contributed by atoms with Gasteiger partial charge in [-0.3, -0.25) is 0 Å². The Hall–Kier alpha value is -0.870. The second kappa shape index (κ2) is 7.23. The van der Waals surface area contributed by atoms with E-state index in [1.165, 1.54) is 0 Å². The van der Waals surface area contributed by atoms with E-state index in [1.54, 1.807) is 0 Å². The van der Waals surface area contributed by atoms with Crippen LogP contribution < -0.4 is 10.6 Å². The molecule has 1 aromatic heterocycles. The predicted octanol–water partition coefficient (Wildman–Crippen LogP) is 2.56. The summed E-state index contributed by atoms with van der Waals surface area (Å²) >= 11 is 0. The van der Waals surface area contributed by atoms with Gasteiger partial charge in [-0.15, -0.1) is 0 Å². The van der Waals surface area contributed by atoms with Crippen molar-refractivity contribution in [3.63, 3.8) is 0 Å². The minimum Gasteiger partial charge on any atom is -0.337 e. The molecule has 2 atom stereocenters. The van der Waals surface area contributed by atoms with Crippen molar-refractivity contribution in [2.45, 2.75) is 60.2 Å². The van der Waals surface area contributed by atoms with Crippen molar-refractivity contribution >= 4 is 0 Å². The highest BCUT2D eigenvalue weighted by atomic mass is 15.1. The van der Waals surface area contributed by atoms with Crippen LogP contribution in [0.2, 0.25) is 0 Å². The van der Waals surface area contributed by atoms with Gasteiger partial charge in [-0.1, -0.05) is 34.6 Å². The standard InChI is InChI=1S/C16H32N4/c1-12(2)14(10-18-13(3)16(4,5)6)19-11-15-17-8-9-20(15)7/h8-9,12-14,18-19H,10-11H2,1-7H3/t13-,14?/m1/s1. The van der Waals surface area contributed by atoms with E-state index in [2.05, 4.69) is 61.7 Å². The SMILES string of the molecule is CC(C)C(CN[C@H](C)C(C)(C)C)NCc1nccn1C. The average molecular weight is 280 g/mol. The van der Waals surface area contributed by atoms with Crippen LogP contribution in [0, 0.1) is 11.3 Å². The molecule has 1 rings (SSSR count). The molecule has 0 amide bonds. The molecule has 0 bridgehead atoms. The van der Waals surface area contributed by atoms with E-state index in [9.17, 15) is 0 Å². The van der Waals surface area contributed by atoms with Crippen molar-refractivity contribution in [2.24, 2.45) is 18.4 Å². The molecular weight excluding hydrogens is 248 g/mol. The van der Waals surface area contributed by atoms with Crippen molar-refractivity contribution in [3.05, 3.63) is 18.2 Å². The van der Waals surface area contributed by atoms with Gasteiger partial charge in [0.25, 0.3) is 0 Å². The van der Waals surface area contributed by atoms with Gasteiger partial charge < -0.3 is 15.2 Å². The molecule has 116 valence electrons. The van der Waals surface area contributed by atoms with Crippen molar-refractivity contribution in [1.82, 2.24) is 20.2 Å². The lowest BCUT2D eigenvalue weighted by atomic mass is 9.88. The average Bonchev–Trinajstić information content (AvgIpc) is 2.73. The third-order valence-electron chi connectivity index (χ3n) is 4.19. The number of imidazole rings is 1. The van der Waals surface area contributed by atoms with Gasteiger partial charge in [0, 0.05) is 38.1 Å². The number of aromatic nitrogens is 2. The first kappa shape index (κ1) is 17.2. The summed E-state index contributed by atoms with van der Waals surface area (Å²) in [6.45, 7) is 15.4. The van der Waals surface area contributed by atoms with Crippen molar-refractivity contribution < 1.29 is 0 Å². The lowest BCUT2D eigenvalue weighted by Crippen LogP contribution is -2.47. The largest absolute Gasteiger partial charge is 0.337 e. The van der Waals surface area contributed by atoms with E-state index in [1.807, 2.05) is 19.4 Å². The molecule has 0 aromatic carbocycles. The van der Waals surface area contributed by atoms with Crippen LogP contribution in [0.3, 0.4) is 0 Å². The van der Waals surface area contributed by atoms with Crippen LogP contribution >= 0.6 is 0 Å². The first-order valence-corrected chi connectivity index (χ1v) is 7.64. The maximum absolute atomic E-state index is 4.36. The Labute approximate surface area is 124 Å². The molecule has 2 N–H and O–H groups in total. The van der Waals surface area contributed by atoms with Crippen molar-refractivity contribution in [1.29, 1.82) is 0 Å². The quantitative estimate of drug-likeness (QED) is 0.806. The monoisotopic (exact) mass is 280 g/mol. The Morgan fingerprint density at radius 2 is 1.85 bits per heavy atom. The Morgan fingerprint density at radius 3 is 2.30 bits per heavy atom. The third kappa shape index (κ3) is 5.25. The third-order valence-corrected chi connectivity index (χ3v) is 4.19. The van der Waals surface area contributed by atoms with Crippen LogP contribution in [0.4, 0.5) is 0 Å². The number of hydrogen-bond donors (Lipinski definition) is 2. The smallest absolute Gasteiger partial charge is 0.122 e. The zero-order valence-corrected chi connectivity index (χ0v) is 14.2. The van der Waals surface area contributed by atoms with Gasteiger partial charge in [-0.05, 0) is 18.3 Å². The van der Waals surface area contributed by atoms with Crippen molar-refractivity contribution in [2.75, 3.05) is 6.54 Å². The van der Waals surface area contributed by atoms with E-state index in [4.69, 9.17) is 0 Å². The fourth-order valence-corrected chi connectivity index (χ4v) is 1.94. The summed E-state index contributed by atoms with van der Waals surface area (Å²) in [6, 6.07) is 0.954. The molecule has 0 aliphatic heterocycles. The Kier molecular flexibility index (Phi) is 6.21. The molecule has 20 heavy (non-hydrogen) atoms. The maximum Gasteiger partial charge on any atom is 0.122 e. The molecule has 0 saturated carbocycles. The van der Waals surface area contributed by atoms with E-state index >= 15 is 0 Å². The van der Waals surface area contributed by atoms with Gasteiger partial charge in [0.2, 0.25) is 0 Å². The maximum atomic E-state index is 4.36. The van der Waals surface area contributed by atoms with Gasteiger partial charge in [0.15, 0.2) is 0 Å². The highest BCUT2D eigenvalue weighted by Crippen LogP contribution is 2.18. The summed E-state index contributed by atoms with van der Waals surface area (Å²) < 4.78 is 2.07. The van der Waals surface area contributed by atoms with Gasteiger partial charge in [-0.25, -0.2) is 4.98 Å². The summed E-state index contributed by atoms with van der Waals surface area (Å²) in [7, 11) is 2.04. The number of hydrogen-bond acceptors (Lipinski definition) is 3. The lowest BCUT2D eigenvalue weighted by Gasteiger charge is -2.31. The molecule has 4 nitrogen and oxygen atoms in total. The zero-order valence-electron chi connectivity index (χ0n) is 14.2. The molecule has 1 heterocycles. The number of rotatable bonds is 7. The normalized spacial score (nSPS) is 15.6. The molecule has 0 saturated heterocycles. The molecule has 0 radical (unpaired) electrons. The number of nitrogens with zero attached hydrogens (tertiary/aromatic N) is 2. The minimum atomic E-state index is 0.293. The first-order chi connectivity index (χ1) is 9.21. The summed E-state index contributed by atoms with van der Waals surface area (Å²) in [4.78, 5) is 4.36. The van der Waals surface area contributed by atoms with Crippen LogP contribution in [0.25, 0.3) is 0 Å². The van der Waals surface area contributed by atoms with Crippen LogP contribution in [-0.4, -0.2) is 28.2 Å². The summed E-state index contributed by atoms with van der Waals surface area (Å²) in [5, 5.41) is 7.28. The molecule has 4 heteroatoms. The highest BCUT2D eigenvalue weighted by Gasteiger charge is 2.21. The first-order valence-electron chi connectivity index (χ1n) is 7.64. The van der Waals surface area contributed by atoms with E-state index in [0.29, 0.717) is 23.4 Å². The second-order valence-corrected chi connectivity index (χ2v) is 7.18. The van der Waals surface area contributed by atoms with Crippen molar-refractivity contribution in [3.8, 4) is 0 Å². The van der Waals surface area contributed by atoms with Crippen LogP contribution in [0.5, 0.6) is 0 Å². The van der Waals surface area contributed by atoms with Gasteiger partial charge in [0.1, 0.15) is 5.82 Å². The van der Waals surface area contributed by atoms with Gasteiger partial charge in [0.05, 0.1) is 6.54 Å². The molecule has 1 unspecified atom stereocenters. The topological polar surface area (TPSA) is 41.9 Å². The summed E-state index contributed by atoms with van der Waals surface area (Å²) in [5.41, 5.74) is 0.293. The van der Waals surface area contributed by atoms with Crippen LogP contribution in [0.15, 0.2) is 12.4 Å². The number of aryl methyl sites for hydroxylation is 1. The van der Waals surface area contributed by atoms with Gasteiger partial charge in [-0.2, -0.15) is 0 Å². The Balaban J connectivity index is 2.47. The van der Waals surface area contributed by atoms with E-state index in [-0.39, 0.29) is 0 Å². The van der Waals surface area contributed by atoms with E-state index < -0.39 is 0 Å². The molecule has 0 aliphatic carbocycles. The fourth-order valence-electron chi connectivity index (χ4n) is 1.94. The van der Waals surface area contributed by atoms with E-state index in [0.717, 1.165) is 18.9 Å². The molecule has 0 fully saturated rings. The lowest BCUT2D eigenvalue weighted by molar-refractivity contribution is 0.263. The molecular formula is C16H32N4. The molecule has 0 aliphatic rings. The number of nitrogens with one attached hydrogen (secondary N) is 2. The molecule has 1 aromatic rings.